The maximum absolute atomic E-state index is 12.5. The Hall–Kier alpha value is -2.70. The number of fused-ring (bicyclic) bond motifs is 1. The first-order chi connectivity index (χ1) is 12.4. The molecule has 1 aromatic heterocycles. The quantitative estimate of drug-likeness (QED) is 0.514. The molecule has 0 fully saturated rings. The molecule has 26 heavy (non-hydrogen) atoms. The molecular weight excluding hydrogens is 370 g/mol. The molecule has 3 aromatic rings. The van der Waals surface area contributed by atoms with Crippen molar-refractivity contribution >= 4 is 46.3 Å². The minimum atomic E-state index is -0.304. The van der Waals surface area contributed by atoms with E-state index >= 15 is 0 Å². The standard InChI is InChI=1S/C19H16ClN3O2S/c1-3-8-23-18(25)14-7-5-12(9-16(14)22-19(23)26)17(24)21-13-6-4-11(2)15(20)10-13/h3-7,9-10H,1,8H2,2H3,(H,21,24)(H,22,26). The molecule has 0 saturated carbocycles. The molecule has 0 aliphatic rings. The number of nitrogens with zero attached hydrogens (tertiary/aromatic N) is 1. The summed E-state index contributed by atoms with van der Waals surface area (Å²) < 4.78 is 1.70. The predicted molar refractivity (Wildman–Crippen MR) is 108 cm³/mol. The number of aryl methyl sites for hydroxylation is 1. The van der Waals surface area contributed by atoms with E-state index in [-0.39, 0.29) is 16.2 Å². The van der Waals surface area contributed by atoms with Gasteiger partial charge in [0.05, 0.1) is 10.9 Å². The summed E-state index contributed by atoms with van der Waals surface area (Å²) in [4.78, 5) is 28.0. The number of carbonyl (C=O) groups excluding carboxylic acids is 1. The van der Waals surface area contributed by atoms with Crippen LogP contribution in [0.4, 0.5) is 5.69 Å². The van der Waals surface area contributed by atoms with Gasteiger partial charge in [-0.15, -0.1) is 6.58 Å². The molecule has 0 aliphatic heterocycles. The molecule has 7 heteroatoms. The summed E-state index contributed by atoms with van der Waals surface area (Å²) in [6.07, 6.45) is 1.60. The monoisotopic (exact) mass is 385 g/mol. The summed E-state index contributed by atoms with van der Waals surface area (Å²) >= 11 is 11.3. The van der Waals surface area contributed by atoms with Crippen LogP contribution < -0.4 is 10.9 Å². The van der Waals surface area contributed by atoms with Crippen LogP contribution in [0.3, 0.4) is 0 Å². The molecule has 0 spiro atoms. The van der Waals surface area contributed by atoms with Crippen LogP contribution in [-0.2, 0) is 6.54 Å². The Morgan fingerprint density at radius 3 is 2.81 bits per heavy atom. The Labute approximate surface area is 159 Å². The number of anilines is 1. The highest BCUT2D eigenvalue weighted by Crippen LogP contribution is 2.21. The number of aromatic nitrogens is 2. The van der Waals surface area contributed by atoms with Crippen molar-refractivity contribution in [3.05, 3.63) is 80.3 Å². The van der Waals surface area contributed by atoms with Crippen molar-refractivity contribution in [3.8, 4) is 0 Å². The van der Waals surface area contributed by atoms with E-state index in [4.69, 9.17) is 23.8 Å². The Kier molecular flexibility index (Phi) is 5.06. The SMILES string of the molecule is C=CCn1c(=S)[nH]c2cc(C(=O)Nc3ccc(C)c(Cl)c3)ccc2c1=O. The normalized spacial score (nSPS) is 10.7. The zero-order valence-corrected chi connectivity index (χ0v) is 15.6. The summed E-state index contributed by atoms with van der Waals surface area (Å²) in [6, 6.07) is 10.1. The van der Waals surface area contributed by atoms with E-state index in [0.717, 1.165) is 5.56 Å². The second-order valence-electron chi connectivity index (χ2n) is 5.81. The Balaban J connectivity index is 1.98. The number of benzene rings is 2. The largest absolute Gasteiger partial charge is 0.332 e. The third-order valence-electron chi connectivity index (χ3n) is 3.99. The van der Waals surface area contributed by atoms with E-state index in [1.165, 1.54) is 4.57 Å². The number of carbonyl (C=O) groups is 1. The highest BCUT2D eigenvalue weighted by atomic mass is 35.5. The fraction of sp³-hybridized carbons (Fsp3) is 0.105. The van der Waals surface area contributed by atoms with Crippen molar-refractivity contribution in [1.29, 1.82) is 0 Å². The van der Waals surface area contributed by atoms with Gasteiger partial charge in [-0.2, -0.15) is 0 Å². The summed E-state index contributed by atoms with van der Waals surface area (Å²) in [5, 5.41) is 3.82. The predicted octanol–water partition coefficient (Wildman–Crippen LogP) is 4.46. The van der Waals surface area contributed by atoms with E-state index < -0.39 is 0 Å². The van der Waals surface area contributed by atoms with Crippen LogP contribution in [-0.4, -0.2) is 15.5 Å². The van der Waals surface area contributed by atoms with Crippen LogP contribution >= 0.6 is 23.8 Å². The molecule has 132 valence electrons. The Bertz CT molecular complexity index is 1150. The van der Waals surface area contributed by atoms with Gasteiger partial charge in [0.1, 0.15) is 0 Å². The number of rotatable bonds is 4. The molecule has 0 radical (unpaired) electrons. The van der Waals surface area contributed by atoms with Gasteiger partial charge in [0, 0.05) is 22.8 Å². The van der Waals surface area contributed by atoms with Crippen LogP contribution in [0, 0.1) is 11.7 Å². The number of allylic oxidation sites excluding steroid dienone is 1. The first-order valence-electron chi connectivity index (χ1n) is 7.86. The van der Waals surface area contributed by atoms with Gasteiger partial charge in [0.25, 0.3) is 11.5 Å². The van der Waals surface area contributed by atoms with E-state index in [2.05, 4.69) is 16.9 Å². The number of hydrogen-bond donors (Lipinski definition) is 2. The molecule has 2 N–H and O–H groups in total. The smallest absolute Gasteiger partial charge is 0.262 e. The molecule has 1 heterocycles. The van der Waals surface area contributed by atoms with E-state index in [9.17, 15) is 9.59 Å². The molecule has 0 saturated heterocycles. The van der Waals surface area contributed by atoms with Gasteiger partial charge >= 0.3 is 0 Å². The van der Waals surface area contributed by atoms with Gasteiger partial charge in [-0.1, -0.05) is 23.7 Å². The number of halogens is 1. The van der Waals surface area contributed by atoms with E-state index in [1.807, 2.05) is 13.0 Å². The lowest BCUT2D eigenvalue weighted by Gasteiger charge is -2.09. The van der Waals surface area contributed by atoms with Gasteiger partial charge in [0.15, 0.2) is 4.77 Å². The highest BCUT2D eigenvalue weighted by Gasteiger charge is 2.11. The molecule has 0 aliphatic carbocycles. The third kappa shape index (κ3) is 3.47. The second-order valence-corrected chi connectivity index (χ2v) is 6.61. The summed E-state index contributed by atoms with van der Waals surface area (Å²) in [7, 11) is 0. The lowest BCUT2D eigenvalue weighted by Crippen LogP contribution is -2.22. The highest BCUT2D eigenvalue weighted by molar-refractivity contribution is 7.71. The summed E-state index contributed by atoms with van der Waals surface area (Å²) in [5.41, 5.74) is 2.22. The second kappa shape index (κ2) is 7.27. The Morgan fingerprint density at radius 2 is 2.12 bits per heavy atom. The lowest BCUT2D eigenvalue weighted by molar-refractivity contribution is 0.102. The van der Waals surface area contributed by atoms with Crippen LogP contribution in [0.5, 0.6) is 0 Å². The number of nitrogens with one attached hydrogen (secondary N) is 2. The van der Waals surface area contributed by atoms with Crippen molar-refractivity contribution < 1.29 is 4.79 Å². The lowest BCUT2D eigenvalue weighted by atomic mass is 10.1. The topological polar surface area (TPSA) is 66.9 Å². The van der Waals surface area contributed by atoms with Gasteiger partial charge in [-0.05, 0) is 55.0 Å². The average molecular weight is 386 g/mol. The number of aromatic amines is 1. The molecule has 0 bridgehead atoms. The number of hydrogen-bond acceptors (Lipinski definition) is 3. The van der Waals surface area contributed by atoms with Crippen molar-refractivity contribution in [1.82, 2.24) is 9.55 Å². The zero-order valence-electron chi connectivity index (χ0n) is 14.0. The fourth-order valence-electron chi connectivity index (χ4n) is 2.56. The minimum absolute atomic E-state index is 0.221. The van der Waals surface area contributed by atoms with Gasteiger partial charge < -0.3 is 10.3 Å². The molecule has 5 nitrogen and oxygen atoms in total. The minimum Gasteiger partial charge on any atom is -0.332 e. The van der Waals surface area contributed by atoms with Gasteiger partial charge in [0.2, 0.25) is 0 Å². The molecule has 0 unspecified atom stereocenters. The molecule has 1 amide bonds. The molecule has 2 aromatic carbocycles. The van der Waals surface area contributed by atoms with Crippen molar-refractivity contribution in [3.63, 3.8) is 0 Å². The third-order valence-corrected chi connectivity index (χ3v) is 4.72. The van der Waals surface area contributed by atoms with E-state index in [1.54, 1.807) is 36.4 Å². The van der Waals surface area contributed by atoms with Crippen molar-refractivity contribution in [2.45, 2.75) is 13.5 Å². The maximum Gasteiger partial charge on any atom is 0.262 e. The van der Waals surface area contributed by atoms with Crippen LogP contribution in [0.1, 0.15) is 15.9 Å². The number of amides is 1. The van der Waals surface area contributed by atoms with Crippen LogP contribution in [0.15, 0.2) is 53.8 Å². The zero-order chi connectivity index (χ0) is 18.8. The summed E-state index contributed by atoms with van der Waals surface area (Å²) in [6.45, 7) is 5.83. The van der Waals surface area contributed by atoms with Crippen molar-refractivity contribution in [2.24, 2.45) is 0 Å². The first-order valence-corrected chi connectivity index (χ1v) is 8.64. The number of H-pyrrole nitrogens is 1. The molecule has 3 rings (SSSR count). The fourth-order valence-corrected chi connectivity index (χ4v) is 3.01. The summed E-state index contributed by atoms with van der Waals surface area (Å²) in [5.74, 6) is -0.304. The van der Waals surface area contributed by atoms with Gasteiger partial charge in [-0.3, -0.25) is 14.2 Å². The molecular formula is C19H16ClN3O2S. The maximum atomic E-state index is 12.5. The van der Waals surface area contributed by atoms with Gasteiger partial charge in [-0.25, -0.2) is 0 Å². The van der Waals surface area contributed by atoms with Crippen molar-refractivity contribution in [2.75, 3.05) is 5.32 Å². The first kappa shape index (κ1) is 18.1. The van der Waals surface area contributed by atoms with Crippen LogP contribution in [0.25, 0.3) is 10.9 Å². The van der Waals surface area contributed by atoms with Crippen LogP contribution in [0.2, 0.25) is 5.02 Å². The Morgan fingerprint density at radius 1 is 1.35 bits per heavy atom. The molecule has 0 atom stereocenters. The average Bonchev–Trinajstić information content (AvgIpc) is 2.61. The van der Waals surface area contributed by atoms with E-state index in [0.29, 0.717) is 33.7 Å².